The van der Waals surface area contributed by atoms with E-state index in [9.17, 15) is 24.2 Å². The lowest BCUT2D eigenvalue weighted by molar-refractivity contribution is -0.180. The largest absolute Gasteiger partial charge is 0.462 e. The summed E-state index contributed by atoms with van der Waals surface area (Å²) >= 11 is 0. The fourth-order valence-electron chi connectivity index (χ4n) is 4.88. The zero-order valence-electron chi connectivity index (χ0n) is 29.1. The number of aromatic nitrogens is 3. The van der Waals surface area contributed by atoms with Crippen LogP contribution in [0.1, 0.15) is 46.4 Å². The zero-order valence-corrected chi connectivity index (χ0v) is 30.0. The summed E-state index contributed by atoms with van der Waals surface area (Å²) in [5, 5.41) is 17.6. The van der Waals surface area contributed by atoms with E-state index >= 15 is 0 Å². The van der Waals surface area contributed by atoms with Crippen LogP contribution in [0.5, 0.6) is 5.75 Å². The number of nitrogens with one attached hydrogen (secondary N) is 1. The highest BCUT2D eigenvalue weighted by atomic mass is 31.2. The lowest BCUT2D eigenvalue weighted by Gasteiger charge is -2.31. The average molecular weight is 733 g/mol. The maximum atomic E-state index is 14.4. The number of esters is 3. The summed E-state index contributed by atoms with van der Waals surface area (Å²) in [6.07, 6.45) is -6.21. The number of nitrogens with zero attached hydrogens (tertiary/aromatic N) is 4. The Bertz CT molecular complexity index is 1780. The highest BCUT2D eigenvalue weighted by molar-refractivity contribution is 7.52. The molecule has 276 valence electrons. The third-order valence-corrected chi connectivity index (χ3v) is 9.35. The molecule has 0 radical (unpaired) electrons. The van der Waals surface area contributed by atoms with Crippen molar-refractivity contribution in [3.05, 3.63) is 54.5 Å². The topological polar surface area (TPSA) is 234 Å². The number of anilines is 1. The van der Waals surface area contributed by atoms with Gasteiger partial charge in [-0.3, -0.25) is 9.32 Å². The van der Waals surface area contributed by atoms with Gasteiger partial charge in [-0.15, -0.1) is 0 Å². The van der Waals surface area contributed by atoms with Crippen LogP contribution in [0.25, 0.3) is 5.52 Å². The first kappa shape index (κ1) is 39.2. The summed E-state index contributed by atoms with van der Waals surface area (Å²) in [7, 11) is -2.04. The molecule has 8 atom stereocenters. The number of methoxy groups -OCH3 is 2. The van der Waals surface area contributed by atoms with Crippen LogP contribution in [0, 0.1) is 11.3 Å². The molecule has 51 heavy (non-hydrogen) atoms. The second kappa shape index (κ2) is 16.6. The number of para-hydroxylation sites is 1. The quantitative estimate of drug-likeness (QED) is 0.122. The fourth-order valence-corrected chi connectivity index (χ4v) is 6.41. The molecule has 0 bridgehead atoms. The van der Waals surface area contributed by atoms with Gasteiger partial charge in [0.2, 0.25) is 5.60 Å². The first-order valence-corrected chi connectivity index (χ1v) is 17.3. The van der Waals surface area contributed by atoms with Crippen molar-refractivity contribution in [3.8, 4) is 11.8 Å². The van der Waals surface area contributed by atoms with Gasteiger partial charge in [0.15, 0.2) is 30.2 Å². The number of fused-ring (bicyclic) bond motifs is 1. The molecule has 3 heterocycles. The number of hydrogen-bond donors (Lipinski definition) is 2. The van der Waals surface area contributed by atoms with Gasteiger partial charge in [0.25, 0.3) is 0 Å². The van der Waals surface area contributed by atoms with Gasteiger partial charge in [0.1, 0.15) is 42.4 Å². The number of nitriles is 1. The number of benzene rings is 1. The predicted octanol–water partition coefficient (Wildman–Crippen LogP) is 2.67. The van der Waals surface area contributed by atoms with Crippen molar-refractivity contribution in [3.63, 3.8) is 0 Å². The number of rotatable bonds is 16. The first-order valence-electron chi connectivity index (χ1n) is 15.8. The summed E-state index contributed by atoms with van der Waals surface area (Å²) in [4.78, 5) is 43.2. The normalized spacial score (nSPS) is 23.1. The van der Waals surface area contributed by atoms with Crippen LogP contribution >= 0.6 is 7.75 Å². The van der Waals surface area contributed by atoms with E-state index in [4.69, 9.17) is 43.2 Å². The van der Waals surface area contributed by atoms with Crippen LogP contribution in [0.2, 0.25) is 0 Å². The van der Waals surface area contributed by atoms with Crippen LogP contribution < -0.4 is 15.3 Å². The monoisotopic (exact) mass is 732 g/mol. The molecule has 1 unspecified atom stereocenters. The summed E-state index contributed by atoms with van der Waals surface area (Å²) in [6, 6.07) is 11.8. The smallest absolute Gasteiger partial charge is 0.459 e. The summed E-state index contributed by atoms with van der Waals surface area (Å²) < 4.78 is 60.9. The minimum absolute atomic E-state index is 0.0863. The third-order valence-electron chi connectivity index (χ3n) is 7.73. The van der Waals surface area contributed by atoms with Crippen LogP contribution in [0.15, 0.2) is 48.8 Å². The molecule has 0 spiro atoms. The van der Waals surface area contributed by atoms with E-state index in [1.807, 2.05) is 6.07 Å². The molecule has 19 heteroatoms. The van der Waals surface area contributed by atoms with Gasteiger partial charge in [-0.25, -0.2) is 23.7 Å². The number of nitrogens with two attached hydrogens (primary N) is 1. The highest BCUT2D eigenvalue weighted by Crippen LogP contribution is 2.50. The molecule has 2 aromatic heterocycles. The van der Waals surface area contributed by atoms with Gasteiger partial charge in [0.05, 0.1) is 11.8 Å². The van der Waals surface area contributed by atoms with Crippen molar-refractivity contribution in [2.24, 2.45) is 0 Å². The van der Waals surface area contributed by atoms with Crippen molar-refractivity contribution in [2.45, 2.75) is 82.9 Å². The number of nitrogen functional groups attached to an aromatic ring is 1. The predicted molar refractivity (Wildman–Crippen MR) is 177 cm³/mol. The lowest BCUT2D eigenvalue weighted by atomic mass is 9.95. The third kappa shape index (κ3) is 9.00. The molecule has 1 aliphatic heterocycles. The Morgan fingerprint density at radius 2 is 1.67 bits per heavy atom. The van der Waals surface area contributed by atoms with E-state index in [-0.39, 0.29) is 17.3 Å². The molecule has 1 fully saturated rings. The van der Waals surface area contributed by atoms with E-state index in [1.54, 1.807) is 44.2 Å². The number of ether oxygens (including phenoxy) is 6. The van der Waals surface area contributed by atoms with E-state index in [1.165, 1.54) is 58.0 Å². The molecule has 3 aromatic rings. The molecular formula is C32H41N6O12P. The van der Waals surface area contributed by atoms with Crippen LogP contribution in [-0.2, 0) is 51.9 Å². The van der Waals surface area contributed by atoms with Crippen LogP contribution in [-0.4, -0.2) is 95.5 Å². The standard InChI is InChI=1S/C32H41N6O12P/c1-18(2)46-29(39)19(3)37-51(42,50-22-11-9-8-10-12-22)45-16-32(15-33)27(48-31(41)21(5)44-7)26(47-30(40)20(4)43-6)25(49-32)23-13-14-24-28(34)35-17-36-38(23)24/h8-14,17-21,25-27H,16H2,1-7H3,(H,37,42)(H2,34,35,36)/t19-,20-,21-,25-,26-,27-,32+,51?/m0/s1. The zero-order chi connectivity index (χ0) is 37.5. The Balaban J connectivity index is 1.82. The first-order chi connectivity index (χ1) is 24.2. The highest BCUT2D eigenvalue weighted by Gasteiger charge is 2.62. The maximum Gasteiger partial charge on any atom is 0.459 e. The molecule has 0 aliphatic carbocycles. The Hall–Kier alpha value is -4.63. The molecule has 0 saturated carbocycles. The minimum atomic E-state index is -4.60. The van der Waals surface area contributed by atoms with Crippen molar-refractivity contribution < 1.29 is 56.4 Å². The summed E-state index contributed by atoms with van der Waals surface area (Å²) in [5.41, 5.74) is 4.27. The Kier molecular flexibility index (Phi) is 12.7. The van der Waals surface area contributed by atoms with Crippen molar-refractivity contribution >= 4 is 37.0 Å². The molecule has 0 amide bonds. The SMILES string of the molecule is CO[C@@H](C)C(=O)O[C@H]1[C@H](c2ccc3c(N)ncnn23)O[C@](C#N)(COP(=O)(N[C@@H](C)C(=O)OC(C)C)Oc2ccccc2)[C@H]1OC(=O)[C@H](C)OC. The summed E-state index contributed by atoms with van der Waals surface area (Å²) in [5.74, 6) is -2.41. The van der Waals surface area contributed by atoms with E-state index in [0.29, 0.717) is 5.52 Å². The van der Waals surface area contributed by atoms with Crippen molar-refractivity contribution in [2.75, 3.05) is 26.6 Å². The second-order valence-electron chi connectivity index (χ2n) is 11.8. The molecule has 1 aromatic carbocycles. The van der Waals surface area contributed by atoms with E-state index in [2.05, 4.69) is 15.2 Å². The molecule has 1 saturated heterocycles. The Morgan fingerprint density at radius 3 is 2.27 bits per heavy atom. The van der Waals surface area contributed by atoms with Gasteiger partial charge in [-0.1, -0.05) is 18.2 Å². The number of hydrogen-bond acceptors (Lipinski definition) is 16. The average Bonchev–Trinajstić information content (AvgIpc) is 3.66. The van der Waals surface area contributed by atoms with Crippen molar-refractivity contribution in [1.82, 2.24) is 19.7 Å². The molecule has 1 aliphatic rings. The van der Waals surface area contributed by atoms with Gasteiger partial charge < -0.3 is 38.7 Å². The molecule has 18 nitrogen and oxygen atoms in total. The fraction of sp³-hybridized carbons (Fsp3) is 0.500. The second-order valence-corrected chi connectivity index (χ2v) is 13.5. The Labute approximate surface area is 294 Å². The molecular weight excluding hydrogens is 691 g/mol. The van der Waals surface area contributed by atoms with Gasteiger partial charge in [-0.2, -0.15) is 15.4 Å². The van der Waals surface area contributed by atoms with E-state index in [0.717, 1.165) is 0 Å². The molecule has 3 N–H and O–H groups in total. The number of carbonyl (C=O) groups excluding carboxylic acids is 3. The number of carbonyl (C=O) groups is 3. The van der Waals surface area contributed by atoms with Gasteiger partial charge in [-0.05, 0) is 58.9 Å². The van der Waals surface area contributed by atoms with Crippen LogP contribution in [0.4, 0.5) is 5.82 Å². The summed E-state index contributed by atoms with van der Waals surface area (Å²) in [6.45, 7) is 6.57. The Morgan fingerprint density at radius 1 is 1.02 bits per heavy atom. The van der Waals surface area contributed by atoms with Gasteiger partial charge in [0, 0.05) is 14.2 Å². The lowest BCUT2D eigenvalue weighted by Crippen LogP contribution is -2.51. The van der Waals surface area contributed by atoms with E-state index < -0.39 is 80.5 Å². The van der Waals surface area contributed by atoms with Crippen molar-refractivity contribution in [1.29, 1.82) is 5.26 Å². The van der Waals surface area contributed by atoms with Gasteiger partial charge >= 0.3 is 25.7 Å². The van der Waals surface area contributed by atoms with Crippen LogP contribution in [0.3, 0.4) is 0 Å². The maximum absolute atomic E-state index is 14.4. The molecule has 4 rings (SSSR count). The minimum Gasteiger partial charge on any atom is -0.462 e.